The number of nitrogens with one attached hydrogen (secondary N) is 1. The average molecular weight is 316 g/mol. The van der Waals surface area contributed by atoms with E-state index in [1.54, 1.807) is 24.3 Å². The van der Waals surface area contributed by atoms with Gasteiger partial charge in [-0.2, -0.15) is 13.2 Å². The molecule has 1 aromatic carbocycles. The van der Waals surface area contributed by atoms with Crippen LogP contribution in [0.4, 0.5) is 24.0 Å². The highest BCUT2D eigenvalue weighted by Gasteiger charge is 2.35. The molecule has 0 saturated carbocycles. The van der Waals surface area contributed by atoms with E-state index in [9.17, 15) is 18.0 Å². The third kappa shape index (κ3) is 3.69. The van der Waals surface area contributed by atoms with Gasteiger partial charge in [0.2, 0.25) is 10.1 Å². The van der Waals surface area contributed by atoms with Gasteiger partial charge >= 0.3 is 6.18 Å². The van der Waals surface area contributed by atoms with Crippen molar-refractivity contribution in [2.75, 3.05) is 24.3 Å². The highest BCUT2D eigenvalue weighted by atomic mass is 32.1. The fourth-order valence-corrected chi connectivity index (χ4v) is 2.07. The Morgan fingerprint density at radius 3 is 2.29 bits per heavy atom. The topological polar surface area (TPSA) is 58.1 Å². The van der Waals surface area contributed by atoms with Crippen LogP contribution in [0.1, 0.15) is 15.4 Å². The first-order valence-electron chi connectivity index (χ1n) is 5.77. The molecule has 1 amide bonds. The van der Waals surface area contributed by atoms with Crippen molar-refractivity contribution in [3.05, 3.63) is 34.8 Å². The van der Waals surface area contributed by atoms with Crippen LogP contribution in [0.2, 0.25) is 0 Å². The number of carbonyl (C=O) groups excluding carboxylic acids is 1. The van der Waals surface area contributed by atoms with Crippen molar-refractivity contribution in [1.82, 2.24) is 10.2 Å². The van der Waals surface area contributed by atoms with Crippen molar-refractivity contribution < 1.29 is 18.0 Å². The van der Waals surface area contributed by atoms with E-state index in [1.807, 2.05) is 19.0 Å². The second kappa shape index (κ2) is 5.68. The van der Waals surface area contributed by atoms with Crippen LogP contribution in [0, 0.1) is 0 Å². The van der Waals surface area contributed by atoms with Gasteiger partial charge in [-0.15, -0.1) is 10.2 Å². The smallest absolute Gasteiger partial charge is 0.378 e. The van der Waals surface area contributed by atoms with Crippen molar-refractivity contribution in [2.24, 2.45) is 0 Å². The van der Waals surface area contributed by atoms with Crippen LogP contribution in [-0.4, -0.2) is 30.2 Å². The van der Waals surface area contributed by atoms with Gasteiger partial charge in [-0.1, -0.05) is 11.3 Å². The summed E-state index contributed by atoms with van der Waals surface area (Å²) in [7, 11) is 3.71. The zero-order chi connectivity index (χ0) is 15.6. The van der Waals surface area contributed by atoms with E-state index >= 15 is 0 Å². The molecular weight excluding hydrogens is 305 g/mol. The maximum absolute atomic E-state index is 12.4. The van der Waals surface area contributed by atoms with E-state index < -0.39 is 17.1 Å². The zero-order valence-electron chi connectivity index (χ0n) is 11.1. The summed E-state index contributed by atoms with van der Waals surface area (Å²) < 4.78 is 37.1. The van der Waals surface area contributed by atoms with Crippen LogP contribution in [0.5, 0.6) is 0 Å². The molecule has 0 aliphatic rings. The number of amides is 1. The molecule has 0 saturated heterocycles. The number of anilines is 2. The van der Waals surface area contributed by atoms with Crippen molar-refractivity contribution >= 4 is 28.1 Å². The molecule has 0 atom stereocenters. The molecular formula is C12H11F3N4OS. The predicted molar refractivity (Wildman–Crippen MR) is 73.6 cm³/mol. The molecule has 1 aromatic heterocycles. The molecule has 1 heterocycles. The number of carbonyl (C=O) groups is 1. The summed E-state index contributed by atoms with van der Waals surface area (Å²) in [6.07, 6.45) is -4.56. The van der Waals surface area contributed by atoms with E-state index in [0.29, 0.717) is 5.56 Å². The summed E-state index contributed by atoms with van der Waals surface area (Å²) in [5.41, 5.74) is 1.23. The number of hydrogen-bond donors (Lipinski definition) is 1. The summed E-state index contributed by atoms with van der Waals surface area (Å²) in [5, 5.41) is 7.30. The maximum Gasteiger partial charge on any atom is 0.445 e. The Morgan fingerprint density at radius 1 is 1.19 bits per heavy atom. The van der Waals surface area contributed by atoms with Gasteiger partial charge < -0.3 is 4.90 Å². The number of benzene rings is 1. The molecule has 112 valence electrons. The fourth-order valence-electron chi connectivity index (χ4n) is 1.47. The minimum atomic E-state index is -4.56. The molecule has 0 spiro atoms. The van der Waals surface area contributed by atoms with E-state index in [0.717, 1.165) is 5.69 Å². The Hall–Kier alpha value is -2.16. The molecule has 5 nitrogen and oxygen atoms in total. The molecule has 21 heavy (non-hydrogen) atoms. The number of hydrogen-bond acceptors (Lipinski definition) is 5. The normalized spacial score (nSPS) is 11.3. The van der Waals surface area contributed by atoms with Gasteiger partial charge in [0, 0.05) is 25.3 Å². The lowest BCUT2D eigenvalue weighted by Gasteiger charge is -2.12. The number of halogens is 3. The van der Waals surface area contributed by atoms with Gasteiger partial charge in [-0.25, -0.2) is 0 Å². The minimum Gasteiger partial charge on any atom is -0.378 e. The molecule has 0 aliphatic carbocycles. The van der Waals surface area contributed by atoms with Crippen LogP contribution in [0.25, 0.3) is 0 Å². The Kier molecular flexibility index (Phi) is 4.12. The van der Waals surface area contributed by atoms with Gasteiger partial charge in [0.25, 0.3) is 5.91 Å². The Balaban J connectivity index is 2.09. The predicted octanol–water partition coefficient (Wildman–Crippen LogP) is 2.88. The first-order chi connectivity index (χ1) is 9.77. The molecule has 2 aromatic rings. The maximum atomic E-state index is 12.4. The van der Waals surface area contributed by atoms with Gasteiger partial charge in [-0.3, -0.25) is 10.1 Å². The number of aromatic nitrogens is 2. The first kappa shape index (κ1) is 15.2. The van der Waals surface area contributed by atoms with Gasteiger partial charge in [0.1, 0.15) is 0 Å². The second-order valence-corrected chi connectivity index (χ2v) is 5.28. The van der Waals surface area contributed by atoms with Gasteiger partial charge in [0.15, 0.2) is 0 Å². The lowest BCUT2D eigenvalue weighted by molar-refractivity contribution is -0.138. The summed E-state index contributed by atoms with van der Waals surface area (Å²) in [6, 6.07) is 6.62. The molecule has 0 radical (unpaired) electrons. The Morgan fingerprint density at radius 2 is 1.81 bits per heavy atom. The van der Waals surface area contributed by atoms with Crippen molar-refractivity contribution in [1.29, 1.82) is 0 Å². The lowest BCUT2D eigenvalue weighted by Crippen LogP contribution is -2.13. The van der Waals surface area contributed by atoms with Gasteiger partial charge in [0.05, 0.1) is 0 Å². The second-order valence-electron chi connectivity index (χ2n) is 4.31. The number of alkyl halides is 3. The third-order valence-corrected chi connectivity index (χ3v) is 3.42. The highest BCUT2D eigenvalue weighted by molar-refractivity contribution is 7.15. The largest absolute Gasteiger partial charge is 0.445 e. The summed E-state index contributed by atoms with van der Waals surface area (Å²) in [6.45, 7) is 0. The van der Waals surface area contributed by atoms with E-state index in [2.05, 4.69) is 15.5 Å². The lowest BCUT2D eigenvalue weighted by atomic mass is 10.2. The van der Waals surface area contributed by atoms with Gasteiger partial charge in [-0.05, 0) is 24.3 Å². The van der Waals surface area contributed by atoms with Crippen molar-refractivity contribution in [2.45, 2.75) is 6.18 Å². The van der Waals surface area contributed by atoms with Crippen molar-refractivity contribution in [3.8, 4) is 0 Å². The van der Waals surface area contributed by atoms with E-state index in [-0.39, 0.29) is 16.5 Å². The summed E-state index contributed by atoms with van der Waals surface area (Å²) in [4.78, 5) is 13.8. The van der Waals surface area contributed by atoms with Crippen LogP contribution < -0.4 is 10.2 Å². The standard InChI is InChI=1S/C12H11F3N4OS/c1-19(2)8-5-3-7(4-6-8)9(20)16-11-18-17-10(21-11)12(13,14)15/h3-6H,1-2H3,(H,16,18,20). The van der Waals surface area contributed by atoms with Crippen LogP contribution >= 0.6 is 11.3 Å². The van der Waals surface area contributed by atoms with Crippen molar-refractivity contribution in [3.63, 3.8) is 0 Å². The molecule has 0 bridgehead atoms. The first-order valence-corrected chi connectivity index (χ1v) is 6.58. The fraction of sp³-hybridized carbons (Fsp3) is 0.250. The minimum absolute atomic E-state index is 0.191. The average Bonchev–Trinajstić information content (AvgIpc) is 2.87. The van der Waals surface area contributed by atoms with Crippen LogP contribution in [-0.2, 0) is 6.18 Å². The summed E-state index contributed by atoms with van der Waals surface area (Å²) >= 11 is 0.283. The quantitative estimate of drug-likeness (QED) is 0.946. The molecule has 2 rings (SSSR count). The monoisotopic (exact) mass is 316 g/mol. The van der Waals surface area contributed by atoms with Crippen LogP contribution in [0.3, 0.4) is 0 Å². The Bertz CT molecular complexity index is 637. The summed E-state index contributed by atoms with van der Waals surface area (Å²) in [5.74, 6) is -0.537. The molecule has 0 fully saturated rings. The van der Waals surface area contributed by atoms with E-state index in [1.165, 1.54) is 0 Å². The number of rotatable bonds is 3. The highest BCUT2D eigenvalue weighted by Crippen LogP contribution is 2.33. The van der Waals surface area contributed by atoms with E-state index in [4.69, 9.17) is 0 Å². The molecule has 9 heteroatoms. The third-order valence-electron chi connectivity index (χ3n) is 2.53. The Labute approximate surface area is 122 Å². The molecule has 0 aliphatic heterocycles. The number of nitrogens with zero attached hydrogens (tertiary/aromatic N) is 3. The molecule has 0 unspecified atom stereocenters. The molecule has 1 N–H and O–H groups in total. The van der Waals surface area contributed by atoms with Crippen LogP contribution in [0.15, 0.2) is 24.3 Å². The zero-order valence-corrected chi connectivity index (χ0v) is 11.9. The SMILES string of the molecule is CN(C)c1ccc(C(=O)Nc2nnc(C(F)(F)F)s2)cc1.